The second-order valence-electron chi connectivity index (χ2n) is 8.17. The van der Waals surface area contributed by atoms with E-state index in [1.54, 1.807) is 55.7 Å². The highest BCUT2D eigenvalue weighted by atomic mass is 32.2. The maximum atomic E-state index is 12.9. The molecular formula is C27H28N2O5S. The number of amides is 1. The highest BCUT2D eigenvalue weighted by molar-refractivity contribution is 7.92. The smallest absolute Gasteiger partial charge is 0.262 e. The van der Waals surface area contributed by atoms with Crippen LogP contribution in [0.15, 0.2) is 83.8 Å². The average Bonchev–Trinajstić information content (AvgIpc) is 3.38. The van der Waals surface area contributed by atoms with Crippen LogP contribution in [-0.4, -0.2) is 40.0 Å². The van der Waals surface area contributed by atoms with E-state index in [1.807, 2.05) is 29.2 Å². The minimum atomic E-state index is -3.79. The minimum Gasteiger partial charge on any atom is -0.497 e. The van der Waals surface area contributed by atoms with Gasteiger partial charge in [0.25, 0.3) is 10.0 Å². The van der Waals surface area contributed by atoms with Crippen molar-refractivity contribution in [2.24, 2.45) is 0 Å². The van der Waals surface area contributed by atoms with Crippen LogP contribution < -0.4 is 14.2 Å². The maximum Gasteiger partial charge on any atom is 0.262 e. The Morgan fingerprint density at radius 2 is 1.69 bits per heavy atom. The Labute approximate surface area is 206 Å². The third-order valence-electron chi connectivity index (χ3n) is 6.00. The van der Waals surface area contributed by atoms with Crippen molar-refractivity contribution in [3.05, 3.63) is 90.0 Å². The van der Waals surface area contributed by atoms with Crippen LogP contribution in [0.25, 0.3) is 6.08 Å². The number of hydrogen-bond acceptors (Lipinski definition) is 5. The number of para-hydroxylation sites is 2. The van der Waals surface area contributed by atoms with Crippen molar-refractivity contribution in [2.45, 2.75) is 23.8 Å². The Bertz CT molecular complexity index is 1300. The van der Waals surface area contributed by atoms with Crippen LogP contribution >= 0.6 is 0 Å². The van der Waals surface area contributed by atoms with Gasteiger partial charge in [-0.3, -0.25) is 9.52 Å². The SMILES string of the molecule is COc1ccc(C2CCCN2C(=O)/C=C/c2ccc(S(=O)(=O)Nc3ccccc3OC)cc2)cc1. The first-order valence-corrected chi connectivity index (χ1v) is 12.8. The number of sulfonamides is 1. The van der Waals surface area contributed by atoms with Crippen molar-refractivity contribution in [1.82, 2.24) is 4.90 Å². The summed E-state index contributed by atoms with van der Waals surface area (Å²) in [6.45, 7) is 0.700. The highest BCUT2D eigenvalue weighted by Crippen LogP contribution is 2.33. The number of nitrogens with one attached hydrogen (secondary N) is 1. The minimum absolute atomic E-state index is 0.0339. The van der Waals surface area contributed by atoms with Gasteiger partial charge in [0.2, 0.25) is 5.91 Å². The maximum absolute atomic E-state index is 12.9. The summed E-state index contributed by atoms with van der Waals surface area (Å²) in [7, 11) is -0.676. The summed E-state index contributed by atoms with van der Waals surface area (Å²) in [6, 6.07) is 21.0. The lowest BCUT2D eigenvalue weighted by molar-refractivity contribution is -0.126. The Morgan fingerprint density at radius 1 is 0.971 bits per heavy atom. The van der Waals surface area contributed by atoms with Gasteiger partial charge in [-0.25, -0.2) is 8.42 Å². The molecule has 1 amide bonds. The fourth-order valence-electron chi connectivity index (χ4n) is 4.16. The molecule has 0 aliphatic carbocycles. The standard InChI is InChI=1S/C27H28N2O5S/c1-33-22-14-12-21(13-15-22)25-7-5-19-29(25)27(30)18-11-20-9-16-23(17-10-20)35(31,32)28-24-6-3-4-8-26(24)34-2/h3-4,6,8-18,25,28H,5,7,19H2,1-2H3/b18-11+. The number of methoxy groups -OCH3 is 2. The van der Waals surface area contributed by atoms with E-state index in [-0.39, 0.29) is 16.8 Å². The molecule has 1 saturated heterocycles. The number of ether oxygens (including phenoxy) is 2. The first-order valence-electron chi connectivity index (χ1n) is 11.3. The van der Waals surface area contributed by atoms with E-state index in [2.05, 4.69) is 4.72 Å². The second-order valence-corrected chi connectivity index (χ2v) is 9.85. The molecule has 3 aromatic rings. The van der Waals surface area contributed by atoms with Gasteiger partial charge >= 0.3 is 0 Å². The number of hydrogen-bond donors (Lipinski definition) is 1. The van der Waals surface area contributed by atoms with Crippen molar-refractivity contribution in [2.75, 3.05) is 25.5 Å². The molecule has 8 heteroatoms. The lowest BCUT2D eigenvalue weighted by atomic mass is 10.0. The first-order chi connectivity index (χ1) is 16.9. The van der Waals surface area contributed by atoms with Crippen LogP contribution in [0, 0.1) is 0 Å². The summed E-state index contributed by atoms with van der Waals surface area (Å²) >= 11 is 0. The van der Waals surface area contributed by atoms with Crippen LogP contribution in [-0.2, 0) is 14.8 Å². The van der Waals surface area contributed by atoms with Crippen LogP contribution in [0.4, 0.5) is 5.69 Å². The van der Waals surface area contributed by atoms with Gasteiger partial charge in [0.1, 0.15) is 11.5 Å². The lowest BCUT2D eigenvalue weighted by Crippen LogP contribution is -2.28. The normalized spacial score (nSPS) is 15.8. The molecule has 35 heavy (non-hydrogen) atoms. The molecule has 0 radical (unpaired) electrons. The number of benzene rings is 3. The monoisotopic (exact) mass is 492 g/mol. The highest BCUT2D eigenvalue weighted by Gasteiger charge is 2.28. The molecule has 7 nitrogen and oxygen atoms in total. The predicted octanol–water partition coefficient (Wildman–Crippen LogP) is 4.88. The van der Waals surface area contributed by atoms with Gasteiger partial charge in [-0.15, -0.1) is 0 Å². The number of likely N-dealkylation sites (tertiary alicyclic amines) is 1. The van der Waals surface area contributed by atoms with Crippen molar-refractivity contribution < 1.29 is 22.7 Å². The molecule has 1 unspecified atom stereocenters. The molecule has 1 heterocycles. The van der Waals surface area contributed by atoms with Crippen molar-refractivity contribution in [3.8, 4) is 11.5 Å². The molecule has 0 aromatic heterocycles. The number of nitrogens with zero attached hydrogens (tertiary/aromatic N) is 1. The molecular weight excluding hydrogens is 464 g/mol. The van der Waals surface area contributed by atoms with Gasteiger partial charge in [0, 0.05) is 12.6 Å². The molecule has 0 saturated carbocycles. The van der Waals surface area contributed by atoms with E-state index in [0.717, 1.165) is 29.7 Å². The Hall–Kier alpha value is -3.78. The molecule has 4 rings (SSSR count). The molecule has 1 fully saturated rings. The van der Waals surface area contributed by atoms with E-state index < -0.39 is 10.0 Å². The topological polar surface area (TPSA) is 84.9 Å². The fraction of sp³-hybridized carbons (Fsp3) is 0.222. The zero-order valence-corrected chi connectivity index (χ0v) is 20.5. The van der Waals surface area contributed by atoms with Crippen molar-refractivity contribution in [1.29, 1.82) is 0 Å². The van der Waals surface area contributed by atoms with Crippen LogP contribution in [0.1, 0.15) is 30.0 Å². The molecule has 1 aliphatic rings. The van der Waals surface area contributed by atoms with Gasteiger partial charge < -0.3 is 14.4 Å². The summed E-state index contributed by atoms with van der Waals surface area (Å²) in [6.07, 6.45) is 5.11. The van der Waals surface area contributed by atoms with Gasteiger partial charge in [0.15, 0.2) is 0 Å². The van der Waals surface area contributed by atoms with Gasteiger partial charge in [0.05, 0.1) is 30.8 Å². The third-order valence-corrected chi connectivity index (χ3v) is 7.38. The number of carbonyl (C=O) groups excluding carboxylic acids is 1. The molecule has 182 valence electrons. The van der Waals surface area contributed by atoms with E-state index in [9.17, 15) is 13.2 Å². The number of anilines is 1. The Morgan fingerprint density at radius 3 is 2.37 bits per heavy atom. The number of rotatable bonds is 8. The second kappa shape index (κ2) is 10.7. The van der Waals surface area contributed by atoms with Gasteiger partial charge in [-0.2, -0.15) is 0 Å². The zero-order chi connectivity index (χ0) is 24.8. The lowest BCUT2D eigenvalue weighted by Gasteiger charge is -2.24. The third kappa shape index (κ3) is 5.66. The molecule has 1 aliphatic heterocycles. The number of carbonyl (C=O) groups is 1. The van der Waals surface area contributed by atoms with Crippen molar-refractivity contribution in [3.63, 3.8) is 0 Å². The van der Waals surface area contributed by atoms with Crippen LogP contribution in [0.3, 0.4) is 0 Å². The predicted molar refractivity (Wildman–Crippen MR) is 136 cm³/mol. The van der Waals surface area contributed by atoms with Crippen molar-refractivity contribution >= 4 is 27.7 Å². The molecule has 0 bridgehead atoms. The summed E-state index contributed by atoms with van der Waals surface area (Å²) in [5.41, 5.74) is 2.18. The van der Waals surface area contributed by atoms with Gasteiger partial charge in [-0.1, -0.05) is 36.4 Å². The fourth-order valence-corrected chi connectivity index (χ4v) is 5.23. The largest absolute Gasteiger partial charge is 0.497 e. The van der Waals surface area contributed by atoms with Crippen LogP contribution in [0.5, 0.6) is 11.5 Å². The zero-order valence-electron chi connectivity index (χ0n) is 19.7. The Kier molecular flexibility index (Phi) is 7.41. The van der Waals surface area contributed by atoms with E-state index in [4.69, 9.17) is 9.47 Å². The van der Waals surface area contributed by atoms with Gasteiger partial charge in [-0.05, 0) is 66.4 Å². The molecule has 3 aromatic carbocycles. The summed E-state index contributed by atoms with van der Waals surface area (Å²) in [5, 5.41) is 0. The molecule has 1 atom stereocenters. The first kappa shape index (κ1) is 24.3. The van der Waals surface area contributed by atoms with E-state index in [1.165, 1.54) is 19.2 Å². The van der Waals surface area contributed by atoms with Crippen LogP contribution in [0.2, 0.25) is 0 Å². The molecule has 1 N–H and O–H groups in total. The Balaban J connectivity index is 1.43. The molecule has 0 spiro atoms. The summed E-state index contributed by atoms with van der Waals surface area (Å²) in [4.78, 5) is 14.9. The summed E-state index contributed by atoms with van der Waals surface area (Å²) in [5.74, 6) is 1.15. The van der Waals surface area contributed by atoms with E-state index in [0.29, 0.717) is 18.0 Å². The summed E-state index contributed by atoms with van der Waals surface area (Å²) < 4.78 is 38.5. The quantitative estimate of drug-likeness (QED) is 0.453. The average molecular weight is 493 g/mol. The van der Waals surface area contributed by atoms with E-state index >= 15 is 0 Å².